The molecule has 0 spiro atoms. The van der Waals surface area contributed by atoms with E-state index in [1.54, 1.807) is 0 Å². The molecule has 0 saturated carbocycles. The van der Waals surface area contributed by atoms with E-state index in [0.717, 1.165) is 18.4 Å². The molecule has 0 aliphatic heterocycles. The van der Waals surface area contributed by atoms with Gasteiger partial charge in [0.05, 0.1) is 11.6 Å². The van der Waals surface area contributed by atoms with Crippen molar-refractivity contribution in [2.75, 3.05) is 0 Å². The summed E-state index contributed by atoms with van der Waals surface area (Å²) in [4.78, 5) is 16.3. The average molecular weight is 259 g/mol. The number of carbonyl (C=O) groups excluding carboxylic acids is 1. The summed E-state index contributed by atoms with van der Waals surface area (Å²) in [7, 11) is 0. The van der Waals surface area contributed by atoms with Crippen molar-refractivity contribution in [2.45, 2.75) is 52.2 Å². The summed E-state index contributed by atoms with van der Waals surface area (Å²) in [6.07, 6.45) is 1.94. The molecule has 19 heavy (non-hydrogen) atoms. The quantitative estimate of drug-likeness (QED) is 0.601. The van der Waals surface area contributed by atoms with Crippen LogP contribution in [0.25, 0.3) is 0 Å². The van der Waals surface area contributed by atoms with E-state index in [4.69, 9.17) is 4.74 Å². The third-order valence-electron chi connectivity index (χ3n) is 3.50. The van der Waals surface area contributed by atoms with Crippen molar-refractivity contribution in [3.8, 4) is 0 Å². The lowest BCUT2D eigenvalue weighted by molar-refractivity contribution is 0.00686. The second-order valence-corrected chi connectivity index (χ2v) is 6.04. The highest BCUT2D eigenvalue weighted by Gasteiger charge is 2.26. The fourth-order valence-corrected chi connectivity index (χ4v) is 2.60. The van der Waals surface area contributed by atoms with Crippen LogP contribution in [0.2, 0.25) is 0 Å². The molecule has 1 aromatic rings. The summed E-state index contributed by atoms with van der Waals surface area (Å²) in [5.41, 5.74) is 3.67. The fourth-order valence-electron chi connectivity index (χ4n) is 2.60. The van der Waals surface area contributed by atoms with Crippen LogP contribution in [0.5, 0.6) is 0 Å². The fraction of sp³-hybridized carbons (Fsp3) is 0.500. The van der Waals surface area contributed by atoms with Crippen molar-refractivity contribution in [3.05, 3.63) is 34.4 Å². The Labute approximate surface area is 114 Å². The van der Waals surface area contributed by atoms with Gasteiger partial charge in [-0.15, -0.1) is 0 Å². The standard InChI is InChI=1S/C16H21NO2/c1-10-11-8-9-14(17-5)13(11)7-6-12(10)15(18)19-16(2,3)4/h6-7,14H,5,8-9H2,1-4H3/t14-/m0/s1. The van der Waals surface area contributed by atoms with Crippen LogP contribution in [0, 0.1) is 6.92 Å². The Morgan fingerprint density at radius 2 is 2.11 bits per heavy atom. The molecular weight excluding hydrogens is 238 g/mol. The highest BCUT2D eigenvalue weighted by molar-refractivity contribution is 5.92. The van der Waals surface area contributed by atoms with Crippen molar-refractivity contribution in [3.63, 3.8) is 0 Å². The van der Waals surface area contributed by atoms with Crippen molar-refractivity contribution >= 4 is 12.7 Å². The average Bonchev–Trinajstić information content (AvgIpc) is 2.70. The van der Waals surface area contributed by atoms with Crippen LogP contribution in [0.15, 0.2) is 17.1 Å². The van der Waals surface area contributed by atoms with E-state index >= 15 is 0 Å². The smallest absolute Gasteiger partial charge is 0.338 e. The number of esters is 1. The summed E-state index contributed by atoms with van der Waals surface area (Å²) in [6.45, 7) is 11.3. The van der Waals surface area contributed by atoms with Crippen molar-refractivity contribution < 1.29 is 9.53 Å². The summed E-state index contributed by atoms with van der Waals surface area (Å²) < 4.78 is 5.44. The Bertz CT molecular complexity index is 526. The van der Waals surface area contributed by atoms with E-state index in [9.17, 15) is 4.79 Å². The zero-order valence-corrected chi connectivity index (χ0v) is 12.1. The van der Waals surface area contributed by atoms with Gasteiger partial charge in [0.25, 0.3) is 0 Å². The van der Waals surface area contributed by atoms with Crippen LogP contribution in [0.4, 0.5) is 0 Å². The number of aliphatic imine (C=N–C) groups is 1. The van der Waals surface area contributed by atoms with Crippen LogP contribution in [-0.4, -0.2) is 18.3 Å². The maximum Gasteiger partial charge on any atom is 0.338 e. The number of ether oxygens (including phenoxy) is 1. The molecule has 0 radical (unpaired) electrons. The SMILES string of the molecule is C=N[C@H]1CCc2c1ccc(C(=O)OC(C)(C)C)c2C. The van der Waals surface area contributed by atoms with Gasteiger partial charge in [0.2, 0.25) is 0 Å². The van der Waals surface area contributed by atoms with Gasteiger partial charge >= 0.3 is 5.97 Å². The molecule has 1 aliphatic carbocycles. The first-order chi connectivity index (χ1) is 8.83. The Morgan fingerprint density at radius 1 is 1.42 bits per heavy atom. The molecule has 1 aliphatic rings. The number of carbonyl (C=O) groups is 1. The maximum atomic E-state index is 12.2. The monoisotopic (exact) mass is 259 g/mol. The van der Waals surface area contributed by atoms with Crippen LogP contribution in [0.3, 0.4) is 0 Å². The molecule has 0 fully saturated rings. The molecule has 1 aromatic carbocycles. The summed E-state index contributed by atoms with van der Waals surface area (Å²) in [5.74, 6) is -0.247. The first kappa shape index (κ1) is 13.8. The van der Waals surface area contributed by atoms with Gasteiger partial charge < -0.3 is 4.74 Å². The predicted molar refractivity (Wildman–Crippen MR) is 77.0 cm³/mol. The molecule has 0 saturated heterocycles. The summed E-state index contributed by atoms with van der Waals surface area (Å²) in [6, 6.07) is 4.03. The Morgan fingerprint density at radius 3 is 2.68 bits per heavy atom. The van der Waals surface area contributed by atoms with Gasteiger partial charge in [0.1, 0.15) is 5.60 Å². The molecule has 0 aromatic heterocycles. The summed E-state index contributed by atoms with van der Waals surface area (Å²) in [5, 5.41) is 0. The van der Waals surface area contributed by atoms with Gasteiger partial charge in [0, 0.05) is 0 Å². The van der Waals surface area contributed by atoms with E-state index < -0.39 is 5.60 Å². The van der Waals surface area contributed by atoms with Crippen molar-refractivity contribution in [1.29, 1.82) is 0 Å². The van der Waals surface area contributed by atoms with Crippen molar-refractivity contribution in [2.24, 2.45) is 4.99 Å². The van der Waals surface area contributed by atoms with Gasteiger partial charge in [-0.1, -0.05) is 6.07 Å². The molecule has 0 unspecified atom stereocenters. The number of rotatable bonds is 2. The minimum absolute atomic E-state index is 0.182. The topological polar surface area (TPSA) is 38.7 Å². The number of hydrogen-bond acceptors (Lipinski definition) is 3. The van der Waals surface area contributed by atoms with Crippen LogP contribution in [0.1, 0.15) is 60.3 Å². The van der Waals surface area contributed by atoms with Gasteiger partial charge in [-0.25, -0.2) is 4.79 Å². The molecule has 1 atom stereocenters. The van der Waals surface area contributed by atoms with Crippen LogP contribution < -0.4 is 0 Å². The lowest BCUT2D eigenvalue weighted by Gasteiger charge is -2.21. The first-order valence-corrected chi connectivity index (χ1v) is 6.65. The Kier molecular flexibility index (Phi) is 3.48. The van der Waals surface area contributed by atoms with Crippen LogP contribution >= 0.6 is 0 Å². The molecule has 3 heteroatoms. The zero-order valence-electron chi connectivity index (χ0n) is 12.1. The molecule has 2 rings (SSSR count). The molecule has 0 amide bonds. The van der Waals surface area contributed by atoms with Gasteiger partial charge in [-0.3, -0.25) is 4.99 Å². The van der Waals surface area contributed by atoms with E-state index in [1.807, 2.05) is 39.8 Å². The first-order valence-electron chi connectivity index (χ1n) is 6.65. The maximum absolute atomic E-state index is 12.2. The highest BCUT2D eigenvalue weighted by Crippen LogP contribution is 2.36. The third-order valence-corrected chi connectivity index (χ3v) is 3.50. The second kappa shape index (κ2) is 4.80. The van der Waals surface area contributed by atoms with Gasteiger partial charge in [-0.05, 0) is 70.0 Å². The molecule has 3 nitrogen and oxygen atoms in total. The van der Waals surface area contributed by atoms with Crippen LogP contribution in [-0.2, 0) is 11.2 Å². The Balaban J connectivity index is 2.35. The molecule has 0 bridgehead atoms. The molecule has 0 heterocycles. The summed E-state index contributed by atoms with van der Waals surface area (Å²) >= 11 is 0. The van der Waals surface area contributed by atoms with Crippen molar-refractivity contribution in [1.82, 2.24) is 0 Å². The lowest BCUT2D eigenvalue weighted by Crippen LogP contribution is -2.24. The zero-order chi connectivity index (χ0) is 14.2. The number of nitrogens with zero attached hydrogens (tertiary/aromatic N) is 1. The predicted octanol–water partition coefficient (Wildman–Crippen LogP) is 3.64. The van der Waals surface area contributed by atoms with Gasteiger partial charge in [0.15, 0.2) is 0 Å². The lowest BCUT2D eigenvalue weighted by atomic mass is 9.98. The highest BCUT2D eigenvalue weighted by atomic mass is 16.6. The number of benzene rings is 1. The molecule has 0 N–H and O–H groups in total. The minimum Gasteiger partial charge on any atom is -0.456 e. The minimum atomic E-state index is -0.465. The third kappa shape index (κ3) is 2.70. The van der Waals surface area contributed by atoms with Gasteiger partial charge in [-0.2, -0.15) is 0 Å². The number of hydrogen-bond donors (Lipinski definition) is 0. The molecule has 102 valence electrons. The normalized spacial score (nSPS) is 18.0. The van der Waals surface area contributed by atoms with E-state index in [2.05, 4.69) is 11.7 Å². The van der Waals surface area contributed by atoms with E-state index in [1.165, 1.54) is 11.1 Å². The largest absolute Gasteiger partial charge is 0.456 e. The van der Waals surface area contributed by atoms with E-state index in [-0.39, 0.29) is 12.0 Å². The van der Waals surface area contributed by atoms with E-state index in [0.29, 0.717) is 5.56 Å². The Hall–Kier alpha value is -1.64. The second-order valence-electron chi connectivity index (χ2n) is 6.04. The molecular formula is C16H21NO2. The number of fused-ring (bicyclic) bond motifs is 1.